The van der Waals surface area contributed by atoms with Crippen molar-refractivity contribution in [1.29, 1.82) is 5.26 Å². The van der Waals surface area contributed by atoms with Gasteiger partial charge in [-0.1, -0.05) is 19.9 Å². The number of rotatable bonds is 1. The highest BCUT2D eigenvalue weighted by molar-refractivity contribution is 5.88. The third-order valence-corrected chi connectivity index (χ3v) is 5.10. The first kappa shape index (κ1) is 14.8. The maximum Gasteiger partial charge on any atom is 0.141 e. The Labute approximate surface area is 139 Å². The number of hydrogen-bond acceptors (Lipinski definition) is 2. The van der Waals surface area contributed by atoms with E-state index in [-0.39, 0.29) is 11.0 Å². The van der Waals surface area contributed by atoms with E-state index in [0.29, 0.717) is 0 Å². The van der Waals surface area contributed by atoms with Crippen molar-refractivity contribution in [2.45, 2.75) is 25.7 Å². The van der Waals surface area contributed by atoms with Gasteiger partial charge in [0.2, 0.25) is 0 Å². The van der Waals surface area contributed by atoms with Crippen molar-refractivity contribution in [2.75, 3.05) is 7.11 Å². The van der Waals surface area contributed by atoms with E-state index < -0.39 is 5.82 Å². The summed E-state index contributed by atoms with van der Waals surface area (Å²) in [7, 11) is 1.66. The van der Waals surface area contributed by atoms with Gasteiger partial charge < -0.3 is 9.72 Å². The number of nitriles is 1. The summed E-state index contributed by atoms with van der Waals surface area (Å²) in [6.45, 7) is 4.31. The molecule has 1 heterocycles. The largest absolute Gasteiger partial charge is 0.497 e. The van der Waals surface area contributed by atoms with Gasteiger partial charge in [0.25, 0.3) is 0 Å². The molecule has 0 atom stereocenters. The van der Waals surface area contributed by atoms with Crippen LogP contribution in [0.4, 0.5) is 4.39 Å². The summed E-state index contributed by atoms with van der Waals surface area (Å²) in [5.74, 6) is 0.365. The number of benzene rings is 2. The molecule has 0 spiro atoms. The van der Waals surface area contributed by atoms with Crippen molar-refractivity contribution >= 4 is 10.9 Å². The summed E-state index contributed by atoms with van der Waals surface area (Å²) in [5.41, 5.74) is 5.24. The molecule has 3 aromatic rings. The number of ether oxygens (including phenoxy) is 1. The Bertz CT molecular complexity index is 1020. The number of fused-ring (bicyclic) bond motifs is 4. The van der Waals surface area contributed by atoms with Crippen molar-refractivity contribution in [3.05, 3.63) is 64.1 Å². The molecule has 0 radical (unpaired) electrons. The van der Waals surface area contributed by atoms with Crippen LogP contribution in [0.2, 0.25) is 0 Å². The van der Waals surface area contributed by atoms with Gasteiger partial charge in [-0.25, -0.2) is 4.39 Å². The molecule has 0 saturated heterocycles. The van der Waals surface area contributed by atoms with Crippen LogP contribution in [-0.4, -0.2) is 12.1 Å². The summed E-state index contributed by atoms with van der Waals surface area (Å²) in [6.07, 6.45) is 0.740. The van der Waals surface area contributed by atoms with Crippen molar-refractivity contribution in [3.8, 4) is 11.8 Å². The van der Waals surface area contributed by atoms with Crippen LogP contribution in [0.1, 0.15) is 41.8 Å². The Kier molecular flexibility index (Phi) is 2.98. The van der Waals surface area contributed by atoms with Gasteiger partial charge in [-0.2, -0.15) is 5.26 Å². The van der Waals surface area contributed by atoms with Gasteiger partial charge in [0, 0.05) is 28.4 Å². The van der Waals surface area contributed by atoms with Crippen LogP contribution in [0.5, 0.6) is 5.75 Å². The fraction of sp³-hybridized carbons (Fsp3) is 0.250. The molecule has 0 fully saturated rings. The third kappa shape index (κ3) is 1.88. The molecule has 120 valence electrons. The molecule has 1 N–H and O–H groups in total. The van der Waals surface area contributed by atoms with Crippen LogP contribution >= 0.6 is 0 Å². The van der Waals surface area contributed by atoms with E-state index in [2.05, 4.69) is 31.0 Å². The molecule has 2 aromatic carbocycles. The molecule has 0 saturated carbocycles. The van der Waals surface area contributed by atoms with Gasteiger partial charge in [-0.15, -0.1) is 0 Å². The predicted molar refractivity (Wildman–Crippen MR) is 90.9 cm³/mol. The molecule has 0 unspecified atom stereocenters. The fourth-order valence-electron chi connectivity index (χ4n) is 3.82. The van der Waals surface area contributed by atoms with Crippen LogP contribution in [0.15, 0.2) is 30.3 Å². The average molecular weight is 320 g/mol. The third-order valence-electron chi connectivity index (χ3n) is 5.10. The minimum Gasteiger partial charge on any atom is -0.497 e. The van der Waals surface area contributed by atoms with E-state index in [9.17, 15) is 4.39 Å². The zero-order valence-corrected chi connectivity index (χ0v) is 13.8. The number of aromatic nitrogens is 1. The van der Waals surface area contributed by atoms with Crippen LogP contribution in [0, 0.1) is 17.1 Å². The Morgan fingerprint density at radius 1 is 1.25 bits per heavy atom. The number of H-pyrrole nitrogens is 1. The van der Waals surface area contributed by atoms with E-state index in [1.165, 1.54) is 17.2 Å². The second-order valence-corrected chi connectivity index (χ2v) is 6.79. The summed E-state index contributed by atoms with van der Waals surface area (Å²) in [4.78, 5) is 3.43. The van der Waals surface area contributed by atoms with Gasteiger partial charge in [-0.05, 0) is 41.0 Å². The molecule has 4 rings (SSSR count). The smallest absolute Gasteiger partial charge is 0.141 e. The molecular formula is C20H17FN2O. The fourth-order valence-corrected chi connectivity index (χ4v) is 3.82. The molecular weight excluding hydrogens is 303 g/mol. The molecule has 0 bridgehead atoms. The molecule has 4 heteroatoms. The van der Waals surface area contributed by atoms with Crippen molar-refractivity contribution in [1.82, 2.24) is 4.98 Å². The lowest BCUT2D eigenvalue weighted by atomic mass is 9.72. The topological polar surface area (TPSA) is 48.8 Å². The first-order chi connectivity index (χ1) is 11.5. The SMILES string of the molecule is COc1ccc2c(c1)C(C)(C)c1[nH]c3cc(C#N)c(F)cc3c1C2. The highest BCUT2D eigenvalue weighted by Crippen LogP contribution is 2.44. The zero-order chi connectivity index (χ0) is 17.1. The van der Waals surface area contributed by atoms with Crippen LogP contribution in [0.3, 0.4) is 0 Å². The van der Waals surface area contributed by atoms with Crippen molar-refractivity contribution < 1.29 is 9.13 Å². The molecule has 3 nitrogen and oxygen atoms in total. The van der Waals surface area contributed by atoms with Crippen LogP contribution in [-0.2, 0) is 11.8 Å². The monoisotopic (exact) mass is 320 g/mol. The second-order valence-electron chi connectivity index (χ2n) is 6.79. The lowest BCUT2D eigenvalue weighted by molar-refractivity contribution is 0.412. The Morgan fingerprint density at radius 3 is 2.75 bits per heavy atom. The number of nitrogens with one attached hydrogen (secondary N) is 1. The Balaban J connectivity index is 2.00. The molecule has 1 aromatic heterocycles. The first-order valence-electron chi connectivity index (χ1n) is 7.87. The average Bonchev–Trinajstić information content (AvgIpc) is 2.92. The maximum atomic E-state index is 14.1. The number of nitrogens with zero attached hydrogens (tertiary/aromatic N) is 1. The molecule has 0 amide bonds. The zero-order valence-electron chi connectivity index (χ0n) is 13.8. The van der Waals surface area contributed by atoms with Crippen molar-refractivity contribution in [2.24, 2.45) is 0 Å². The highest BCUT2D eigenvalue weighted by Gasteiger charge is 2.35. The summed E-state index contributed by atoms with van der Waals surface area (Å²) in [5, 5.41) is 9.92. The van der Waals surface area contributed by atoms with Crippen LogP contribution in [0.25, 0.3) is 10.9 Å². The van der Waals surface area contributed by atoms with E-state index in [1.807, 2.05) is 12.1 Å². The molecule has 1 aliphatic carbocycles. The molecule has 1 aliphatic rings. The standard InChI is InChI=1S/C20H17FN2O/c1-20(2)16-8-13(24-3)5-4-11(16)6-15-14-9-17(21)12(10-22)7-18(14)23-19(15)20/h4-5,7-9,23H,6H2,1-3H3. The van der Waals surface area contributed by atoms with Crippen LogP contribution < -0.4 is 4.74 Å². The normalized spacial score (nSPS) is 14.8. The van der Waals surface area contributed by atoms with E-state index in [1.54, 1.807) is 13.2 Å². The van der Waals surface area contributed by atoms with Gasteiger partial charge in [-0.3, -0.25) is 0 Å². The summed E-state index contributed by atoms with van der Waals surface area (Å²) >= 11 is 0. The quantitative estimate of drug-likeness (QED) is 0.721. The Morgan fingerprint density at radius 2 is 2.04 bits per heavy atom. The van der Waals surface area contributed by atoms with Gasteiger partial charge >= 0.3 is 0 Å². The maximum absolute atomic E-state index is 14.1. The number of halogens is 1. The van der Waals surface area contributed by atoms with E-state index in [4.69, 9.17) is 10.00 Å². The van der Waals surface area contributed by atoms with Gasteiger partial charge in [0.05, 0.1) is 12.7 Å². The van der Waals surface area contributed by atoms with E-state index >= 15 is 0 Å². The highest BCUT2D eigenvalue weighted by atomic mass is 19.1. The number of aromatic amines is 1. The predicted octanol–water partition coefficient (Wildman–Crippen LogP) is 4.42. The number of hydrogen-bond donors (Lipinski definition) is 1. The van der Waals surface area contributed by atoms with Crippen molar-refractivity contribution in [3.63, 3.8) is 0 Å². The first-order valence-corrected chi connectivity index (χ1v) is 7.87. The van der Waals surface area contributed by atoms with E-state index in [0.717, 1.165) is 34.3 Å². The molecule has 24 heavy (non-hydrogen) atoms. The second kappa shape index (κ2) is 4.85. The number of methoxy groups -OCH3 is 1. The van der Waals surface area contributed by atoms with Gasteiger partial charge in [0.15, 0.2) is 0 Å². The Hall–Kier alpha value is -2.80. The molecule has 0 aliphatic heterocycles. The lowest BCUT2D eigenvalue weighted by Crippen LogP contribution is -2.27. The minimum absolute atomic E-state index is 0.0677. The summed E-state index contributed by atoms with van der Waals surface area (Å²) < 4.78 is 19.5. The summed E-state index contributed by atoms with van der Waals surface area (Å²) in [6, 6.07) is 11.1. The van der Waals surface area contributed by atoms with Gasteiger partial charge in [0.1, 0.15) is 17.6 Å². The lowest BCUT2D eigenvalue weighted by Gasteiger charge is -2.33. The minimum atomic E-state index is -0.467.